The van der Waals surface area contributed by atoms with Gasteiger partial charge in [0.2, 0.25) is 5.91 Å². The molecule has 4 saturated carbocycles. The number of rotatable bonds is 9. The number of fused-ring (bicyclic) bond motifs is 5. The fourth-order valence-electron chi connectivity index (χ4n) is 9.24. The molecule has 0 radical (unpaired) electrons. The van der Waals surface area contributed by atoms with Gasteiger partial charge in [-0.15, -0.1) is 0 Å². The third-order valence-electron chi connectivity index (χ3n) is 11.3. The second-order valence-corrected chi connectivity index (χ2v) is 13.2. The van der Waals surface area contributed by atoms with Crippen molar-refractivity contribution in [3.8, 4) is 0 Å². The average Bonchev–Trinajstić information content (AvgIpc) is 3.18. The summed E-state index contributed by atoms with van der Waals surface area (Å²) in [6.45, 7) is 6.92. The van der Waals surface area contributed by atoms with E-state index in [2.05, 4.69) is 26.1 Å². The number of carboxylic acids is 2. The molecule has 37 heavy (non-hydrogen) atoms. The third kappa shape index (κ3) is 5.32. The number of nitrogens with one attached hydrogen (secondary N) is 1. The van der Waals surface area contributed by atoms with Crippen LogP contribution in [-0.4, -0.2) is 51.1 Å². The van der Waals surface area contributed by atoms with Crippen LogP contribution < -0.4 is 5.32 Å². The number of carboxylic acid groups (broad SMARTS) is 2. The van der Waals surface area contributed by atoms with Gasteiger partial charge in [-0.2, -0.15) is 0 Å². The summed E-state index contributed by atoms with van der Waals surface area (Å²) in [6.07, 6.45) is 7.60. The first kappa shape index (κ1) is 28.1. The normalized spacial score (nSPS) is 40.6. The van der Waals surface area contributed by atoms with Crippen molar-refractivity contribution in [2.45, 2.75) is 110 Å². The number of hydrogen-bond acceptors (Lipinski definition) is 5. The topological polar surface area (TPSA) is 141 Å². The molecule has 0 saturated heterocycles. The molecule has 7 unspecified atom stereocenters. The minimum absolute atomic E-state index is 0.0647. The highest BCUT2D eigenvalue weighted by Gasteiger charge is 2.63. The first-order chi connectivity index (χ1) is 17.4. The molecule has 4 fully saturated rings. The third-order valence-corrected chi connectivity index (χ3v) is 11.3. The van der Waals surface area contributed by atoms with Gasteiger partial charge < -0.3 is 20.6 Å². The average molecular weight is 520 g/mol. The van der Waals surface area contributed by atoms with E-state index in [1.807, 2.05) is 0 Å². The predicted molar refractivity (Wildman–Crippen MR) is 136 cm³/mol. The van der Waals surface area contributed by atoms with Crippen LogP contribution in [0.1, 0.15) is 97.8 Å². The number of hydrogen-bond donors (Lipinski definition) is 4. The maximum atomic E-state index is 13.5. The highest BCUT2D eigenvalue weighted by molar-refractivity contribution is 5.84. The molecule has 0 aromatic rings. The summed E-state index contributed by atoms with van der Waals surface area (Å²) < 4.78 is 0. The predicted octanol–water partition coefficient (Wildman–Crippen LogP) is 4.04. The second-order valence-electron chi connectivity index (χ2n) is 13.2. The summed E-state index contributed by atoms with van der Waals surface area (Å²) in [6, 6.07) is -1.19. The first-order valence-corrected chi connectivity index (χ1v) is 14.3. The molecule has 208 valence electrons. The molecule has 4 aliphatic rings. The van der Waals surface area contributed by atoms with Crippen molar-refractivity contribution in [1.82, 2.24) is 5.32 Å². The highest BCUT2D eigenvalue weighted by Crippen LogP contribution is 2.67. The van der Waals surface area contributed by atoms with Crippen LogP contribution in [0.15, 0.2) is 0 Å². The van der Waals surface area contributed by atoms with Gasteiger partial charge in [0.05, 0.1) is 6.10 Å². The van der Waals surface area contributed by atoms with Gasteiger partial charge in [-0.25, -0.2) is 4.79 Å². The van der Waals surface area contributed by atoms with Crippen LogP contribution in [0.2, 0.25) is 0 Å². The van der Waals surface area contributed by atoms with Crippen molar-refractivity contribution in [2.24, 2.45) is 46.3 Å². The smallest absolute Gasteiger partial charge is 0.326 e. The number of amides is 1. The van der Waals surface area contributed by atoms with Gasteiger partial charge in [0.25, 0.3) is 0 Å². The summed E-state index contributed by atoms with van der Waals surface area (Å²) in [5.41, 5.74) is 0.206. The van der Waals surface area contributed by atoms with Crippen molar-refractivity contribution < 1.29 is 34.5 Å². The summed E-state index contributed by atoms with van der Waals surface area (Å²) >= 11 is 0. The maximum absolute atomic E-state index is 13.5. The van der Waals surface area contributed by atoms with E-state index >= 15 is 0 Å². The zero-order valence-corrected chi connectivity index (χ0v) is 22.6. The number of Topliss-reactive ketones (excluding diaryl/α,β-unsaturated/α-hetero) is 1. The molecule has 0 aromatic heterocycles. The Labute approximate surface area is 220 Å². The van der Waals surface area contributed by atoms with Gasteiger partial charge in [-0.1, -0.05) is 20.8 Å². The fraction of sp³-hybridized carbons (Fsp3) is 0.862. The molecule has 0 heterocycles. The summed E-state index contributed by atoms with van der Waals surface area (Å²) in [4.78, 5) is 48.3. The van der Waals surface area contributed by atoms with Crippen LogP contribution >= 0.6 is 0 Å². The molecule has 0 aromatic carbocycles. The second kappa shape index (κ2) is 10.7. The number of aliphatic carboxylic acids is 2. The lowest BCUT2D eigenvalue weighted by atomic mass is 9.44. The molecule has 10 atom stereocenters. The van der Waals surface area contributed by atoms with Crippen LogP contribution in [0.4, 0.5) is 0 Å². The van der Waals surface area contributed by atoms with Crippen molar-refractivity contribution in [3.63, 3.8) is 0 Å². The minimum Gasteiger partial charge on any atom is -0.481 e. The summed E-state index contributed by atoms with van der Waals surface area (Å²) in [7, 11) is 0. The van der Waals surface area contributed by atoms with Crippen LogP contribution in [0.5, 0.6) is 0 Å². The monoisotopic (exact) mass is 519 g/mol. The fourth-order valence-corrected chi connectivity index (χ4v) is 9.24. The van der Waals surface area contributed by atoms with Crippen molar-refractivity contribution >= 4 is 23.6 Å². The van der Waals surface area contributed by atoms with Crippen LogP contribution in [0.3, 0.4) is 0 Å². The molecule has 0 spiro atoms. The van der Waals surface area contributed by atoms with Crippen molar-refractivity contribution in [1.29, 1.82) is 0 Å². The minimum atomic E-state index is -1.22. The summed E-state index contributed by atoms with van der Waals surface area (Å²) in [5, 5.41) is 30.9. The zero-order valence-electron chi connectivity index (χ0n) is 22.6. The van der Waals surface area contributed by atoms with E-state index in [0.29, 0.717) is 42.3 Å². The molecule has 4 rings (SSSR count). The molecule has 0 bridgehead atoms. The lowest BCUT2D eigenvalue weighted by Gasteiger charge is -2.60. The van der Waals surface area contributed by atoms with Crippen LogP contribution in [0.25, 0.3) is 0 Å². The Bertz CT molecular complexity index is 920. The molecular formula is C29H45NO7. The lowest BCUT2D eigenvalue weighted by molar-refractivity contribution is -0.160. The van der Waals surface area contributed by atoms with Gasteiger partial charge in [-0.05, 0) is 98.2 Å². The Morgan fingerprint density at radius 3 is 2.32 bits per heavy atom. The Kier molecular flexibility index (Phi) is 8.08. The SMILES string of the molecule is CC(CCC(=O)N[C@@H](CCC(=O)O)C(=O)O)C1CCC2C3C(=O)C[C@@H]4C[C@H](O)CCC4(C)C3CCC12C. The number of carbonyl (C=O) groups excluding carboxylic acids is 2. The zero-order chi connectivity index (χ0) is 27.1. The van der Waals surface area contributed by atoms with Crippen molar-refractivity contribution in [2.75, 3.05) is 0 Å². The number of aliphatic hydroxyl groups is 1. The Balaban J connectivity index is 1.38. The molecule has 4 aliphatic carbocycles. The molecule has 8 nitrogen and oxygen atoms in total. The quantitative estimate of drug-likeness (QED) is 0.360. The largest absolute Gasteiger partial charge is 0.481 e. The van der Waals surface area contributed by atoms with Crippen molar-refractivity contribution in [3.05, 3.63) is 0 Å². The Hall–Kier alpha value is -1.96. The van der Waals surface area contributed by atoms with Gasteiger partial charge in [0.15, 0.2) is 0 Å². The number of carbonyl (C=O) groups is 4. The van der Waals surface area contributed by atoms with E-state index in [0.717, 1.165) is 44.9 Å². The molecule has 0 aliphatic heterocycles. The number of ketones is 1. The highest BCUT2D eigenvalue weighted by atomic mass is 16.4. The maximum Gasteiger partial charge on any atom is 0.326 e. The molecule has 1 amide bonds. The van der Waals surface area contributed by atoms with Crippen LogP contribution in [-0.2, 0) is 19.2 Å². The van der Waals surface area contributed by atoms with E-state index in [-0.39, 0.29) is 53.9 Å². The van der Waals surface area contributed by atoms with E-state index in [1.165, 1.54) is 0 Å². The van der Waals surface area contributed by atoms with E-state index in [9.17, 15) is 29.4 Å². The van der Waals surface area contributed by atoms with Crippen LogP contribution in [0, 0.1) is 46.3 Å². The van der Waals surface area contributed by atoms with Gasteiger partial charge >= 0.3 is 11.9 Å². The molecule has 4 N–H and O–H groups in total. The lowest BCUT2D eigenvalue weighted by Crippen LogP contribution is -2.57. The van der Waals surface area contributed by atoms with E-state index in [1.54, 1.807) is 0 Å². The summed E-state index contributed by atoms with van der Waals surface area (Å²) in [5.74, 6) is -0.372. The van der Waals surface area contributed by atoms with Gasteiger partial charge in [0, 0.05) is 25.2 Å². The van der Waals surface area contributed by atoms with Gasteiger partial charge in [0.1, 0.15) is 11.8 Å². The van der Waals surface area contributed by atoms with Gasteiger partial charge in [-0.3, -0.25) is 14.4 Å². The van der Waals surface area contributed by atoms with E-state index < -0.39 is 18.0 Å². The first-order valence-electron chi connectivity index (χ1n) is 14.3. The Morgan fingerprint density at radius 1 is 0.973 bits per heavy atom. The van der Waals surface area contributed by atoms with E-state index in [4.69, 9.17) is 5.11 Å². The molecular weight excluding hydrogens is 474 g/mol. The molecule has 8 heteroatoms. The number of aliphatic hydroxyl groups excluding tert-OH is 1. The standard InChI is InChI=1S/C29H45NO7/c1-16(4-8-24(33)30-22(27(36)37)7-9-25(34)35)19-5-6-20-26-21(11-13-29(19,20)3)28(2)12-10-18(31)14-17(28)15-23(26)32/h16-22,26,31H,4-15H2,1-3H3,(H,30,33)(H,34,35)(H,36,37)/t16?,17-,18+,19?,20?,21?,22-,26?,28?,29?/m0/s1. The Morgan fingerprint density at radius 2 is 1.65 bits per heavy atom.